The highest BCUT2D eigenvalue weighted by Gasteiger charge is 2.29. The summed E-state index contributed by atoms with van der Waals surface area (Å²) in [5.41, 5.74) is 1.22. The lowest BCUT2D eigenvalue weighted by molar-refractivity contribution is -0.115. The van der Waals surface area contributed by atoms with E-state index in [2.05, 4.69) is 10.6 Å². The van der Waals surface area contributed by atoms with Crippen LogP contribution >= 0.6 is 0 Å². The molecule has 2 amide bonds. The van der Waals surface area contributed by atoms with Crippen LogP contribution in [0.2, 0.25) is 0 Å². The first-order chi connectivity index (χ1) is 13.3. The van der Waals surface area contributed by atoms with Gasteiger partial charge in [-0.25, -0.2) is 8.78 Å². The van der Waals surface area contributed by atoms with Crippen LogP contribution in [-0.2, 0) is 11.2 Å². The fourth-order valence-corrected chi connectivity index (χ4v) is 3.52. The molecule has 5 nitrogen and oxygen atoms in total. The van der Waals surface area contributed by atoms with Crippen molar-refractivity contribution in [3.63, 3.8) is 0 Å². The predicted molar refractivity (Wildman–Crippen MR) is 101 cm³/mol. The lowest BCUT2D eigenvalue weighted by Crippen LogP contribution is -2.40. The second kappa shape index (κ2) is 8.06. The van der Waals surface area contributed by atoms with Gasteiger partial charge < -0.3 is 15.7 Å². The number of hydrogen-bond acceptors (Lipinski definition) is 3. The van der Waals surface area contributed by atoms with E-state index in [9.17, 15) is 23.5 Å². The normalized spacial score (nSPS) is 15.0. The molecule has 0 spiro atoms. The van der Waals surface area contributed by atoms with E-state index in [0.717, 1.165) is 6.07 Å². The fraction of sp³-hybridized carbons (Fsp3) is 0.333. The largest absolute Gasteiger partial charge is 0.386 e. The van der Waals surface area contributed by atoms with Crippen LogP contribution in [0.5, 0.6) is 0 Å². The Morgan fingerprint density at radius 1 is 1.25 bits per heavy atom. The highest BCUT2D eigenvalue weighted by Crippen LogP contribution is 2.30. The number of halogens is 2. The van der Waals surface area contributed by atoms with Gasteiger partial charge in [0, 0.05) is 11.1 Å². The van der Waals surface area contributed by atoms with Crippen LogP contribution in [-0.4, -0.2) is 23.0 Å². The monoisotopic (exact) mass is 388 g/mol. The van der Waals surface area contributed by atoms with Gasteiger partial charge in [-0.15, -0.1) is 0 Å². The Morgan fingerprint density at radius 2 is 2.00 bits per heavy atom. The predicted octanol–water partition coefficient (Wildman–Crippen LogP) is 3.40. The Kier molecular flexibility index (Phi) is 5.74. The van der Waals surface area contributed by atoms with Crippen molar-refractivity contribution in [1.82, 2.24) is 5.32 Å². The average Bonchev–Trinajstić information content (AvgIpc) is 3.05. The molecule has 2 aromatic rings. The van der Waals surface area contributed by atoms with Gasteiger partial charge in [-0.3, -0.25) is 9.59 Å². The van der Waals surface area contributed by atoms with Gasteiger partial charge in [0.15, 0.2) is 0 Å². The van der Waals surface area contributed by atoms with Crippen molar-refractivity contribution in [2.24, 2.45) is 0 Å². The first kappa shape index (κ1) is 19.9. The third-order valence-corrected chi connectivity index (χ3v) is 5.03. The van der Waals surface area contributed by atoms with Crippen LogP contribution in [0.1, 0.15) is 52.9 Å². The van der Waals surface area contributed by atoms with Gasteiger partial charge in [-0.1, -0.05) is 25.5 Å². The molecule has 3 N–H and O–H groups in total. The standard InChI is InChI=1S/C21H22F2N2O3/c1-3-5-17(20(27)12-6-4-7-15(22)11(12)2)24-21(28)13-8-9-16(23)19-14(13)10-18(26)25-19/h4,6-9,17,20,27H,3,5,10H2,1-2H3,(H,24,28)(H,25,26)/t17-,20+/m1/s1. The molecule has 0 bridgehead atoms. The Morgan fingerprint density at radius 3 is 2.71 bits per heavy atom. The van der Waals surface area contributed by atoms with Crippen LogP contribution in [0.25, 0.3) is 0 Å². The minimum absolute atomic E-state index is 0.0196. The molecule has 0 aliphatic carbocycles. The lowest BCUT2D eigenvalue weighted by Gasteiger charge is -2.26. The lowest BCUT2D eigenvalue weighted by atomic mass is 9.94. The number of benzene rings is 2. The number of anilines is 1. The zero-order valence-corrected chi connectivity index (χ0v) is 15.7. The SMILES string of the molecule is CCC[C@@H](NC(=O)c1ccc(F)c2c1CC(=O)N2)[C@@H](O)c1cccc(F)c1C. The van der Waals surface area contributed by atoms with E-state index in [0.29, 0.717) is 29.5 Å². The third-order valence-electron chi connectivity index (χ3n) is 5.03. The van der Waals surface area contributed by atoms with Crippen LogP contribution in [0.4, 0.5) is 14.5 Å². The van der Waals surface area contributed by atoms with Gasteiger partial charge in [0.05, 0.1) is 24.3 Å². The molecule has 3 rings (SSSR count). The minimum atomic E-state index is -1.10. The van der Waals surface area contributed by atoms with Crippen molar-refractivity contribution < 1.29 is 23.5 Å². The molecule has 0 unspecified atom stereocenters. The summed E-state index contributed by atoms with van der Waals surface area (Å²) in [6.45, 7) is 3.48. The topological polar surface area (TPSA) is 78.4 Å². The second-order valence-electron chi connectivity index (χ2n) is 6.94. The zero-order chi connectivity index (χ0) is 20.4. The van der Waals surface area contributed by atoms with Crippen molar-refractivity contribution in [3.05, 3.63) is 64.2 Å². The summed E-state index contributed by atoms with van der Waals surface area (Å²) in [7, 11) is 0. The molecule has 148 valence electrons. The van der Waals surface area contributed by atoms with Crippen molar-refractivity contribution in [2.75, 3.05) is 5.32 Å². The number of hydrogen-bond donors (Lipinski definition) is 3. The van der Waals surface area contributed by atoms with Gasteiger partial charge in [0.25, 0.3) is 5.91 Å². The van der Waals surface area contributed by atoms with Gasteiger partial charge in [-0.05, 0) is 42.7 Å². The summed E-state index contributed by atoms with van der Waals surface area (Å²) in [6.07, 6.45) is -0.0471. The number of nitrogens with one attached hydrogen (secondary N) is 2. The van der Waals surface area contributed by atoms with E-state index in [-0.39, 0.29) is 23.6 Å². The molecule has 2 atom stereocenters. The number of carbonyl (C=O) groups excluding carboxylic acids is 2. The van der Waals surface area contributed by atoms with Crippen LogP contribution in [0.3, 0.4) is 0 Å². The van der Waals surface area contributed by atoms with Gasteiger partial charge in [0.1, 0.15) is 11.6 Å². The van der Waals surface area contributed by atoms with Crippen molar-refractivity contribution in [2.45, 2.75) is 45.3 Å². The Balaban J connectivity index is 1.88. The molecule has 0 fully saturated rings. The number of rotatable bonds is 6. The molecule has 0 saturated carbocycles. The van der Waals surface area contributed by atoms with Crippen LogP contribution in [0.15, 0.2) is 30.3 Å². The highest BCUT2D eigenvalue weighted by molar-refractivity contribution is 6.06. The first-order valence-electron chi connectivity index (χ1n) is 9.18. The molecular formula is C21H22F2N2O3. The van der Waals surface area contributed by atoms with Crippen molar-refractivity contribution in [1.29, 1.82) is 0 Å². The summed E-state index contributed by atoms with van der Waals surface area (Å²) in [4.78, 5) is 24.5. The zero-order valence-electron chi connectivity index (χ0n) is 15.7. The molecular weight excluding hydrogens is 366 g/mol. The molecule has 1 aliphatic heterocycles. The number of amides is 2. The summed E-state index contributed by atoms with van der Waals surface area (Å²) in [5, 5.41) is 16.0. The number of aliphatic hydroxyl groups is 1. The Labute approximate surface area is 161 Å². The molecule has 0 radical (unpaired) electrons. The Hall–Kier alpha value is -2.80. The summed E-state index contributed by atoms with van der Waals surface area (Å²) >= 11 is 0. The second-order valence-corrected chi connectivity index (χ2v) is 6.94. The maximum absolute atomic E-state index is 13.9. The summed E-state index contributed by atoms with van der Waals surface area (Å²) in [6, 6.07) is 6.23. The highest BCUT2D eigenvalue weighted by atomic mass is 19.1. The minimum Gasteiger partial charge on any atom is -0.386 e. The van der Waals surface area contributed by atoms with Crippen molar-refractivity contribution >= 4 is 17.5 Å². The number of aliphatic hydroxyl groups excluding tert-OH is 1. The first-order valence-corrected chi connectivity index (χ1v) is 9.18. The number of fused-ring (bicyclic) bond motifs is 1. The molecule has 0 aromatic heterocycles. The molecule has 2 aromatic carbocycles. The Bertz CT molecular complexity index is 930. The van der Waals surface area contributed by atoms with E-state index in [1.807, 2.05) is 6.92 Å². The van der Waals surface area contributed by atoms with E-state index in [1.165, 1.54) is 18.2 Å². The molecule has 1 aliphatic rings. The summed E-state index contributed by atoms with van der Waals surface area (Å²) in [5.74, 6) is -1.93. The smallest absolute Gasteiger partial charge is 0.251 e. The van der Waals surface area contributed by atoms with Crippen LogP contribution < -0.4 is 10.6 Å². The van der Waals surface area contributed by atoms with E-state index in [1.54, 1.807) is 13.0 Å². The molecule has 1 heterocycles. The fourth-order valence-electron chi connectivity index (χ4n) is 3.52. The van der Waals surface area contributed by atoms with Gasteiger partial charge >= 0.3 is 0 Å². The van der Waals surface area contributed by atoms with Crippen molar-refractivity contribution in [3.8, 4) is 0 Å². The summed E-state index contributed by atoms with van der Waals surface area (Å²) < 4.78 is 27.8. The molecule has 7 heteroatoms. The quantitative estimate of drug-likeness (QED) is 0.710. The maximum atomic E-state index is 13.9. The molecule has 0 saturated heterocycles. The molecule has 28 heavy (non-hydrogen) atoms. The average molecular weight is 388 g/mol. The van der Waals surface area contributed by atoms with Gasteiger partial charge in [0.2, 0.25) is 5.91 Å². The third kappa shape index (κ3) is 3.75. The van der Waals surface area contributed by atoms with Gasteiger partial charge in [-0.2, -0.15) is 0 Å². The van der Waals surface area contributed by atoms with Crippen LogP contribution in [0, 0.1) is 18.6 Å². The van der Waals surface area contributed by atoms with E-state index < -0.39 is 29.7 Å². The maximum Gasteiger partial charge on any atom is 0.251 e. The van der Waals surface area contributed by atoms with E-state index in [4.69, 9.17) is 0 Å². The van der Waals surface area contributed by atoms with E-state index >= 15 is 0 Å². The number of carbonyl (C=O) groups is 2.